The third-order valence-electron chi connectivity index (χ3n) is 13.4. The molecule has 1 aromatic carbocycles. The Kier molecular flexibility index (Phi) is 43.7. The van der Waals surface area contributed by atoms with Crippen molar-refractivity contribution in [1.82, 2.24) is 0 Å². The Morgan fingerprint density at radius 3 is 0.700 bits per heavy atom. The Hall–Kier alpha value is -1.84. The number of carboxylic acid groups (broad SMARTS) is 2. The zero-order valence-corrected chi connectivity index (χ0v) is 39.9. The summed E-state index contributed by atoms with van der Waals surface area (Å²) in [6.45, 7) is 0. The van der Waals surface area contributed by atoms with E-state index in [0.29, 0.717) is 6.42 Å². The summed E-state index contributed by atoms with van der Waals surface area (Å²) in [6, 6.07) is 9.73. The molecule has 0 bridgehead atoms. The molecule has 0 fully saturated rings. The van der Waals surface area contributed by atoms with E-state index in [0.717, 1.165) is 37.7 Å². The molecule has 4 heteroatoms. The van der Waals surface area contributed by atoms with Crippen molar-refractivity contribution in [1.29, 1.82) is 0 Å². The number of carboxylic acids is 2. The number of carbonyl (C=O) groups is 2. The van der Waals surface area contributed by atoms with Gasteiger partial charge in [-0.3, -0.25) is 9.59 Å². The first-order valence-electron chi connectivity index (χ1n) is 27.1. The number of aliphatic carboxylic acids is 2. The fourth-order valence-electron chi connectivity index (χ4n) is 9.34. The normalized spacial score (nSPS) is 12.0. The summed E-state index contributed by atoms with van der Waals surface area (Å²) in [5.74, 6) is -1.68. The molecular formula is C56H102O4. The Bertz CT molecular complexity index is 1010. The van der Waals surface area contributed by atoms with Crippen molar-refractivity contribution in [2.24, 2.45) is 0 Å². The SMILES string of the molecule is O=C(O)CCCCCCCCCCCCCCCCCCCCCCCCCCCCCCCCCCCCCCCCCCCCCCCC(C(=O)O)c1ccccc1. The van der Waals surface area contributed by atoms with Crippen molar-refractivity contribution < 1.29 is 19.8 Å². The molecule has 0 aliphatic heterocycles. The molecule has 1 rings (SSSR count). The minimum absolute atomic E-state index is 0.342. The Morgan fingerprint density at radius 2 is 0.500 bits per heavy atom. The molecular weight excluding hydrogens is 737 g/mol. The van der Waals surface area contributed by atoms with E-state index in [2.05, 4.69) is 0 Å². The maximum absolute atomic E-state index is 11.6. The van der Waals surface area contributed by atoms with Crippen LogP contribution in [0.3, 0.4) is 0 Å². The Balaban J connectivity index is 1.64. The maximum atomic E-state index is 11.6. The second-order valence-corrected chi connectivity index (χ2v) is 19.1. The van der Waals surface area contributed by atoms with E-state index in [1.807, 2.05) is 30.3 Å². The highest BCUT2D eigenvalue weighted by atomic mass is 16.4. The molecule has 0 spiro atoms. The monoisotopic (exact) mass is 839 g/mol. The minimum atomic E-state index is -0.686. The van der Waals surface area contributed by atoms with Crippen LogP contribution in [0, 0.1) is 0 Å². The number of rotatable bonds is 50. The average molecular weight is 839 g/mol. The van der Waals surface area contributed by atoms with E-state index >= 15 is 0 Å². The summed E-state index contributed by atoms with van der Waals surface area (Å²) in [5.41, 5.74) is 0.943. The number of benzene rings is 1. The van der Waals surface area contributed by atoms with Gasteiger partial charge in [-0.1, -0.05) is 313 Å². The molecule has 0 amide bonds. The molecule has 1 aromatic rings. The quantitative estimate of drug-likeness (QED) is 0.0641. The summed E-state index contributed by atoms with van der Waals surface area (Å²) in [6.07, 6.45) is 63.4. The predicted octanol–water partition coefficient (Wildman–Crippen LogP) is 19.3. The average Bonchev–Trinajstić information content (AvgIpc) is 3.24. The van der Waals surface area contributed by atoms with E-state index in [9.17, 15) is 14.7 Å². The third kappa shape index (κ3) is 41.5. The van der Waals surface area contributed by atoms with Gasteiger partial charge in [-0.2, -0.15) is 0 Å². The fraction of sp³-hybridized carbons (Fsp3) is 0.857. The smallest absolute Gasteiger partial charge is 0.310 e. The van der Waals surface area contributed by atoms with Crippen LogP contribution in [0.4, 0.5) is 0 Å². The van der Waals surface area contributed by atoms with Crippen LogP contribution in [0.5, 0.6) is 0 Å². The zero-order valence-electron chi connectivity index (χ0n) is 39.9. The van der Waals surface area contributed by atoms with Gasteiger partial charge in [-0.15, -0.1) is 0 Å². The summed E-state index contributed by atoms with van der Waals surface area (Å²) in [5, 5.41) is 18.2. The summed E-state index contributed by atoms with van der Waals surface area (Å²) in [4.78, 5) is 22.2. The number of unbranched alkanes of at least 4 members (excludes halogenated alkanes) is 44. The van der Waals surface area contributed by atoms with Crippen molar-refractivity contribution >= 4 is 11.9 Å². The molecule has 0 saturated carbocycles. The molecule has 0 aromatic heterocycles. The molecule has 0 aliphatic carbocycles. The molecule has 0 aliphatic rings. The van der Waals surface area contributed by atoms with Gasteiger partial charge >= 0.3 is 11.9 Å². The van der Waals surface area contributed by atoms with Gasteiger partial charge in [0.1, 0.15) is 0 Å². The highest BCUT2D eigenvalue weighted by molar-refractivity contribution is 5.75. The van der Waals surface area contributed by atoms with Gasteiger partial charge < -0.3 is 10.2 Å². The molecule has 0 radical (unpaired) electrons. The van der Waals surface area contributed by atoms with Crippen molar-refractivity contribution in [3.63, 3.8) is 0 Å². The lowest BCUT2D eigenvalue weighted by molar-refractivity contribution is -0.139. The zero-order chi connectivity index (χ0) is 43.1. The van der Waals surface area contributed by atoms with Crippen molar-refractivity contribution in [2.45, 2.75) is 308 Å². The van der Waals surface area contributed by atoms with Gasteiger partial charge in [0, 0.05) is 6.42 Å². The Labute approximate surface area is 374 Å². The van der Waals surface area contributed by atoms with Crippen LogP contribution in [0.15, 0.2) is 30.3 Å². The minimum Gasteiger partial charge on any atom is -0.481 e. The van der Waals surface area contributed by atoms with Crippen LogP contribution in [0.25, 0.3) is 0 Å². The third-order valence-corrected chi connectivity index (χ3v) is 13.4. The predicted molar refractivity (Wildman–Crippen MR) is 261 cm³/mol. The van der Waals surface area contributed by atoms with Crippen molar-refractivity contribution in [3.8, 4) is 0 Å². The Morgan fingerprint density at radius 1 is 0.300 bits per heavy atom. The van der Waals surface area contributed by atoms with E-state index in [1.54, 1.807) is 0 Å². The lowest BCUT2D eigenvalue weighted by Gasteiger charge is -2.12. The lowest BCUT2D eigenvalue weighted by atomic mass is 9.93. The molecule has 60 heavy (non-hydrogen) atoms. The van der Waals surface area contributed by atoms with Crippen molar-refractivity contribution in [2.75, 3.05) is 0 Å². The largest absolute Gasteiger partial charge is 0.481 e. The molecule has 0 saturated heterocycles. The van der Waals surface area contributed by atoms with Crippen LogP contribution in [-0.4, -0.2) is 22.2 Å². The lowest BCUT2D eigenvalue weighted by Crippen LogP contribution is -2.11. The van der Waals surface area contributed by atoms with Gasteiger partial charge in [0.25, 0.3) is 0 Å². The van der Waals surface area contributed by atoms with Crippen LogP contribution >= 0.6 is 0 Å². The van der Waals surface area contributed by atoms with Gasteiger partial charge in [-0.25, -0.2) is 0 Å². The second-order valence-electron chi connectivity index (χ2n) is 19.1. The van der Waals surface area contributed by atoms with Gasteiger partial charge in [0.2, 0.25) is 0 Å². The van der Waals surface area contributed by atoms with Gasteiger partial charge in [0.15, 0.2) is 0 Å². The van der Waals surface area contributed by atoms with E-state index in [-0.39, 0.29) is 5.92 Å². The first-order valence-corrected chi connectivity index (χ1v) is 27.1. The molecule has 1 unspecified atom stereocenters. The van der Waals surface area contributed by atoms with Crippen LogP contribution < -0.4 is 0 Å². The highest BCUT2D eigenvalue weighted by Gasteiger charge is 2.18. The van der Waals surface area contributed by atoms with Gasteiger partial charge in [0.05, 0.1) is 5.92 Å². The summed E-state index contributed by atoms with van der Waals surface area (Å²) in [7, 11) is 0. The molecule has 2 N–H and O–H groups in total. The first kappa shape index (κ1) is 56.2. The molecule has 1 atom stereocenters. The molecule has 350 valence electrons. The molecule has 0 heterocycles. The first-order chi connectivity index (χ1) is 29.6. The number of hydrogen-bond donors (Lipinski definition) is 2. The van der Waals surface area contributed by atoms with Crippen LogP contribution in [0.2, 0.25) is 0 Å². The van der Waals surface area contributed by atoms with Crippen LogP contribution in [-0.2, 0) is 9.59 Å². The van der Waals surface area contributed by atoms with Crippen LogP contribution in [0.1, 0.15) is 313 Å². The highest BCUT2D eigenvalue weighted by Crippen LogP contribution is 2.24. The summed E-state index contributed by atoms with van der Waals surface area (Å²) < 4.78 is 0. The fourth-order valence-corrected chi connectivity index (χ4v) is 9.34. The standard InChI is InChI=1S/C56H102O4/c57-55(58)52-48-43-41-39-37-35-33-31-29-27-25-23-21-19-17-15-13-11-9-7-5-3-1-2-4-6-8-10-12-14-16-18-20-22-24-26-28-30-32-34-36-38-40-42-47-51-54(56(59)60)53-49-45-44-46-50-53/h44-46,49-50,54H,1-43,47-48,51-52H2,(H,57,58)(H,59,60). The van der Waals surface area contributed by atoms with Gasteiger partial charge in [-0.05, 0) is 18.4 Å². The van der Waals surface area contributed by atoms with E-state index in [1.165, 1.54) is 263 Å². The van der Waals surface area contributed by atoms with Crippen molar-refractivity contribution in [3.05, 3.63) is 35.9 Å². The van der Waals surface area contributed by atoms with E-state index in [4.69, 9.17) is 5.11 Å². The topological polar surface area (TPSA) is 74.6 Å². The maximum Gasteiger partial charge on any atom is 0.310 e. The second kappa shape index (κ2) is 46.7. The molecule has 4 nitrogen and oxygen atoms in total. The summed E-state index contributed by atoms with van der Waals surface area (Å²) >= 11 is 0. The number of hydrogen-bond acceptors (Lipinski definition) is 2. The van der Waals surface area contributed by atoms with E-state index < -0.39 is 11.9 Å².